The van der Waals surface area contributed by atoms with Crippen molar-refractivity contribution in [1.29, 1.82) is 0 Å². The standard InChI is InChI=1S/C20H25N3O4/c1-12-4-7-15(21-17(24)13-5-6-13)9-16(12)22-19(27)23-10-14-3-2-8-20(14,11-23)18(25)26/h4,7,9,13-14H,2-3,5-6,8,10-11H2,1H3,(H,21,24)(H,22,27)(H,25,26)/t14-,20+/m0/s1. The van der Waals surface area contributed by atoms with Gasteiger partial charge in [-0.2, -0.15) is 0 Å². The summed E-state index contributed by atoms with van der Waals surface area (Å²) in [6, 6.07) is 5.16. The van der Waals surface area contributed by atoms with Gasteiger partial charge in [0.15, 0.2) is 0 Å². The number of urea groups is 1. The van der Waals surface area contributed by atoms with Gasteiger partial charge in [0, 0.05) is 30.4 Å². The van der Waals surface area contributed by atoms with Crippen LogP contribution >= 0.6 is 0 Å². The van der Waals surface area contributed by atoms with E-state index in [2.05, 4.69) is 10.6 Å². The highest BCUT2D eigenvalue weighted by Crippen LogP contribution is 2.49. The largest absolute Gasteiger partial charge is 0.481 e. The predicted octanol–water partition coefficient (Wildman–Crippen LogP) is 3.06. The van der Waals surface area contributed by atoms with E-state index in [0.717, 1.165) is 31.2 Å². The number of nitrogens with one attached hydrogen (secondary N) is 2. The molecule has 2 saturated carbocycles. The van der Waals surface area contributed by atoms with Crippen LogP contribution in [0.2, 0.25) is 0 Å². The molecule has 4 rings (SSSR count). The molecule has 0 spiro atoms. The average Bonchev–Trinajstić information content (AvgIpc) is 3.28. The molecule has 0 aromatic heterocycles. The lowest BCUT2D eigenvalue weighted by Gasteiger charge is -2.23. The number of likely N-dealkylation sites (tertiary alicyclic amines) is 1. The number of carboxylic acid groups (broad SMARTS) is 1. The number of anilines is 2. The van der Waals surface area contributed by atoms with Crippen molar-refractivity contribution < 1.29 is 19.5 Å². The number of nitrogens with zero attached hydrogens (tertiary/aromatic N) is 1. The summed E-state index contributed by atoms with van der Waals surface area (Å²) in [5.74, 6) is -0.625. The first-order valence-electron chi connectivity index (χ1n) is 9.60. The Morgan fingerprint density at radius 2 is 1.96 bits per heavy atom. The number of aliphatic carboxylic acids is 1. The zero-order valence-electron chi connectivity index (χ0n) is 15.5. The monoisotopic (exact) mass is 371 g/mol. The van der Waals surface area contributed by atoms with Crippen LogP contribution in [0, 0.1) is 24.2 Å². The highest BCUT2D eigenvalue weighted by Gasteiger charge is 2.55. The molecule has 3 amide bonds. The van der Waals surface area contributed by atoms with Gasteiger partial charge in [-0.1, -0.05) is 12.5 Å². The van der Waals surface area contributed by atoms with Gasteiger partial charge in [-0.3, -0.25) is 9.59 Å². The third-order valence-corrected chi connectivity index (χ3v) is 6.28. The van der Waals surface area contributed by atoms with Crippen LogP contribution in [0.3, 0.4) is 0 Å². The van der Waals surface area contributed by atoms with E-state index < -0.39 is 11.4 Å². The normalized spacial score (nSPS) is 26.6. The van der Waals surface area contributed by atoms with Crippen LogP contribution in [0.15, 0.2) is 18.2 Å². The summed E-state index contributed by atoms with van der Waals surface area (Å²) >= 11 is 0. The Labute approximate surface area is 158 Å². The van der Waals surface area contributed by atoms with E-state index in [1.54, 1.807) is 11.0 Å². The van der Waals surface area contributed by atoms with Crippen molar-refractivity contribution in [3.05, 3.63) is 23.8 Å². The molecule has 7 heteroatoms. The topological polar surface area (TPSA) is 98.7 Å². The highest BCUT2D eigenvalue weighted by molar-refractivity contribution is 5.96. The Morgan fingerprint density at radius 1 is 1.19 bits per heavy atom. The fourth-order valence-electron chi connectivity index (χ4n) is 4.41. The second-order valence-electron chi connectivity index (χ2n) is 8.15. The molecule has 1 aromatic carbocycles. The smallest absolute Gasteiger partial charge is 0.321 e. The molecule has 27 heavy (non-hydrogen) atoms. The number of hydrogen-bond acceptors (Lipinski definition) is 3. The SMILES string of the molecule is Cc1ccc(NC(=O)C2CC2)cc1NC(=O)N1C[C@@H]2CCC[C@@]2(C(=O)O)C1. The maximum Gasteiger partial charge on any atom is 0.321 e. The second-order valence-corrected chi connectivity index (χ2v) is 8.15. The Balaban J connectivity index is 1.45. The number of hydrogen-bond donors (Lipinski definition) is 3. The molecule has 2 aliphatic carbocycles. The van der Waals surface area contributed by atoms with Crippen LogP contribution in [0.4, 0.5) is 16.2 Å². The minimum atomic E-state index is -0.790. The molecule has 0 radical (unpaired) electrons. The van der Waals surface area contributed by atoms with E-state index in [9.17, 15) is 19.5 Å². The van der Waals surface area contributed by atoms with Gasteiger partial charge in [0.2, 0.25) is 5.91 Å². The molecule has 0 bridgehead atoms. The number of amides is 3. The van der Waals surface area contributed by atoms with Crippen LogP contribution in [-0.2, 0) is 9.59 Å². The molecule has 3 fully saturated rings. The molecule has 0 unspecified atom stereocenters. The molecule has 7 nitrogen and oxygen atoms in total. The Bertz CT molecular complexity index is 804. The first kappa shape index (κ1) is 17.8. The van der Waals surface area contributed by atoms with E-state index in [1.165, 1.54) is 0 Å². The highest BCUT2D eigenvalue weighted by atomic mass is 16.4. The Kier molecular flexibility index (Phi) is 4.32. The third-order valence-electron chi connectivity index (χ3n) is 6.28. The van der Waals surface area contributed by atoms with E-state index in [0.29, 0.717) is 24.3 Å². The molecule has 1 saturated heterocycles. The van der Waals surface area contributed by atoms with Crippen molar-refractivity contribution in [3.8, 4) is 0 Å². The molecular weight excluding hydrogens is 346 g/mol. The van der Waals surface area contributed by atoms with E-state index in [1.807, 2.05) is 19.1 Å². The van der Waals surface area contributed by atoms with Crippen molar-refractivity contribution in [2.24, 2.45) is 17.3 Å². The number of carbonyl (C=O) groups is 3. The summed E-state index contributed by atoms with van der Waals surface area (Å²) in [5, 5.41) is 15.5. The quantitative estimate of drug-likeness (QED) is 0.757. The van der Waals surface area contributed by atoms with Crippen molar-refractivity contribution >= 4 is 29.3 Å². The van der Waals surface area contributed by atoms with E-state index in [-0.39, 0.29) is 30.3 Å². The van der Waals surface area contributed by atoms with Crippen LogP contribution in [-0.4, -0.2) is 41.0 Å². The summed E-state index contributed by atoms with van der Waals surface area (Å²) in [5.41, 5.74) is 1.40. The summed E-state index contributed by atoms with van der Waals surface area (Å²) in [7, 11) is 0. The fraction of sp³-hybridized carbons (Fsp3) is 0.550. The zero-order valence-corrected chi connectivity index (χ0v) is 15.5. The summed E-state index contributed by atoms with van der Waals surface area (Å²) in [4.78, 5) is 38.1. The molecular formula is C20H25N3O4. The van der Waals surface area contributed by atoms with E-state index in [4.69, 9.17) is 0 Å². The molecule has 3 aliphatic rings. The van der Waals surface area contributed by atoms with Gasteiger partial charge in [0.25, 0.3) is 0 Å². The third kappa shape index (κ3) is 3.26. The second kappa shape index (κ2) is 6.55. The van der Waals surface area contributed by atoms with Gasteiger partial charge in [0.05, 0.1) is 5.41 Å². The van der Waals surface area contributed by atoms with Crippen LogP contribution in [0.25, 0.3) is 0 Å². The van der Waals surface area contributed by atoms with Gasteiger partial charge in [0.1, 0.15) is 0 Å². The van der Waals surface area contributed by atoms with Gasteiger partial charge >= 0.3 is 12.0 Å². The van der Waals surface area contributed by atoms with Gasteiger partial charge in [-0.15, -0.1) is 0 Å². The molecule has 3 N–H and O–H groups in total. The van der Waals surface area contributed by atoms with Crippen molar-refractivity contribution in [1.82, 2.24) is 4.90 Å². The lowest BCUT2D eigenvalue weighted by molar-refractivity contribution is -0.149. The number of carbonyl (C=O) groups excluding carboxylic acids is 2. The predicted molar refractivity (Wildman–Crippen MR) is 101 cm³/mol. The number of rotatable bonds is 4. The maximum absolute atomic E-state index is 12.7. The van der Waals surface area contributed by atoms with Crippen LogP contribution in [0.5, 0.6) is 0 Å². The molecule has 1 aliphatic heterocycles. The molecule has 2 atom stereocenters. The average molecular weight is 371 g/mol. The first-order chi connectivity index (χ1) is 12.9. The van der Waals surface area contributed by atoms with Gasteiger partial charge in [-0.05, 0) is 56.2 Å². The molecule has 144 valence electrons. The number of aryl methyl sites for hydroxylation is 1. The van der Waals surface area contributed by atoms with E-state index >= 15 is 0 Å². The molecule has 1 heterocycles. The summed E-state index contributed by atoms with van der Waals surface area (Å²) in [6.07, 6.45) is 4.27. The van der Waals surface area contributed by atoms with Gasteiger partial charge in [-0.25, -0.2) is 4.79 Å². The number of fused-ring (bicyclic) bond motifs is 1. The minimum Gasteiger partial charge on any atom is -0.481 e. The maximum atomic E-state index is 12.7. The Morgan fingerprint density at radius 3 is 2.63 bits per heavy atom. The Hall–Kier alpha value is -2.57. The number of carboxylic acids is 1. The van der Waals surface area contributed by atoms with Crippen LogP contribution in [0.1, 0.15) is 37.7 Å². The zero-order chi connectivity index (χ0) is 19.2. The number of benzene rings is 1. The van der Waals surface area contributed by atoms with Crippen LogP contribution < -0.4 is 10.6 Å². The van der Waals surface area contributed by atoms with Crippen molar-refractivity contribution in [2.75, 3.05) is 23.7 Å². The lowest BCUT2D eigenvalue weighted by atomic mass is 9.81. The van der Waals surface area contributed by atoms with Crippen molar-refractivity contribution in [2.45, 2.75) is 39.0 Å². The minimum absolute atomic E-state index is 0.0203. The lowest BCUT2D eigenvalue weighted by Crippen LogP contribution is -2.38. The van der Waals surface area contributed by atoms with Gasteiger partial charge < -0.3 is 20.6 Å². The fourth-order valence-corrected chi connectivity index (χ4v) is 4.41. The summed E-state index contributed by atoms with van der Waals surface area (Å²) in [6.45, 7) is 2.63. The van der Waals surface area contributed by atoms with Crippen molar-refractivity contribution in [3.63, 3.8) is 0 Å². The molecule has 1 aromatic rings. The summed E-state index contributed by atoms with van der Waals surface area (Å²) < 4.78 is 0. The first-order valence-corrected chi connectivity index (χ1v) is 9.60.